The minimum atomic E-state index is -3.62. The maximum absolute atomic E-state index is 12.2. The smallest absolute Gasteiger partial charge is 0.244 e. The van der Waals surface area contributed by atoms with E-state index in [2.05, 4.69) is 10.0 Å². The molecule has 0 saturated heterocycles. The minimum Gasteiger partial charge on any atom is -0.464 e. The molecule has 116 valence electrons. The van der Waals surface area contributed by atoms with E-state index in [1.807, 2.05) is 0 Å². The van der Waals surface area contributed by atoms with Crippen LogP contribution in [0.4, 0.5) is 0 Å². The average Bonchev–Trinajstić information content (AvgIpc) is 2.77. The highest BCUT2D eigenvalue weighted by atomic mass is 32.2. The first-order valence-corrected chi connectivity index (χ1v) is 7.68. The fourth-order valence-corrected chi connectivity index (χ4v) is 3.00. The molecule has 1 unspecified atom stereocenters. The highest BCUT2D eigenvalue weighted by Gasteiger charge is 2.22. The molecule has 0 amide bonds. The Morgan fingerprint density at radius 2 is 2.10 bits per heavy atom. The Bertz CT molecular complexity index is 512. The number of ether oxygens (including phenoxy) is 2. The molecule has 0 saturated carbocycles. The summed E-state index contributed by atoms with van der Waals surface area (Å²) in [7, 11) is 1.18. The summed E-state index contributed by atoms with van der Waals surface area (Å²) in [6, 6.07) is 1.52. The lowest BCUT2D eigenvalue weighted by Crippen LogP contribution is -2.35. The van der Waals surface area contributed by atoms with Gasteiger partial charge in [-0.15, -0.1) is 0 Å². The summed E-state index contributed by atoms with van der Waals surface area (Å²) in [6.07, 6.45) is -0.334. The molecule has 0 aliphatic carbocycles. The van der Waals surface area contributed by atoms with Crippen molar-refractivity contribution < 1.29 is 22.3 Å². The molecule has 0 radical (unpaired) electrons. The molecule has 0 bridgehead atoms. The van der Waals surface area contributed by atoms with Gasteiger partial charge in [0.25, 0.3) is 0 Å². The Morgan fingerprint density at radius 3 is 2.65 bits per heavy atom. The van der Waals surface area contributed by atoms with Gasteiger partial charge < -0.3 is 19.2 Å². The van der Waals surface area contributed by atoms with Crippen LogP contribution >= 0.6 is 0 Å². The molecule has 1 atom stereocenters. The standard InChI is InChI=1S/C12H22N2O5S/c1-9-12(5-10(19-9)6-13-2)20(15,16)14-7-11(18-4)8-17-3/h5,11,13-14H,6-8H2,1-4H3. The number of hydrogen-bond donors (Lipinski definition) is 2. The Balaban J connectivity index is 2.78. The largest absolute Gasteiger partial charge is 0.464 e. The molecule has 20 heavy (non-hydrogen) atoms. The molecule has 1 aromatic heterocycles. The lowest BCUT2D eigenvalue weighted by atomic mass is 10.4. The quantitative estimate of drug-likeness (QED) is 0.679. The van der Waals surface area contributed by atoms with Gasteiger partial charge in [0, 0.05) is 26.8 Å². The molecular weight excluding hydrogens is 284 g/mol. The van der Waals surface area contributed by atoms with E-state index in [0.29, 0.717) is 24.7 Å². The van der Waals surface area contributed by atoms with Gasteiger partial charge in [0.2, 0.25) is 10.0 Å². The molecule has 0 fully saturated rings. The fourth-order valence-electron chi connectivity index (χ4n) is 1.73. The van der Waals surface area contributed by atoms with E-state index >= 15 is 0 Å². The third kappa shape index (κ3) is 4.57. The van der Waals surface area contributed by atoms with E-state index in [9.17, 15) is 8.42 Å². The van der Waals surface area contributed by atoms with Gasteiger partial charge in [0.05, 0.1) is 19.3 Å². The minimum absolute atomic E-state index is 0.138. The topological polar surface area (TPSA) is 89.8 Å². The second kappa shape index (κ2) is 7.75. The summed E-state index contributed by atoms with van der Waals surface area (Å²) in [5, 5.41) is 2.91. The van der Waals surface area contributed by atoms with Crippen LogP contribution in [0.15, 0.2) is 15.4 Å². The van der Waals surface area contributed by atoms with Crippen LogP contribution in [-0.2, 0) is 26.0 Å². The van der Waals surface area contributed by atoms with Crippen LogP contribution in [0.5, 0.6) is 0 Å². The predicted molar refractivity (Wildman–Crippen MR) is 74.1 cm³/mol. The average molecular weight is 306 g/mol. The van der Waals surface area contributed by atoms with E-state index in [-0.39, 0.29) is 17.5 Å². The van der Waals surface area contributed by atoms with Gasteiger partial charge in [-0.1, -0.05) is 0 Å². The molecule has 8 heteroatoms. The van der Waals surface area contributed by atoms with Crippen LogP contribution in [0.2, 0.25) is 0 Å². The van der Waals surface area contributed by atoms with Crippen LogP contribution in [0.25, 0.3) is 0 Å². The molecule has 1 heterocycles. The van der Waals surface area contributed by atoms with Crippen LogP contribution in [0.1, 0.15) is 11.5 Å². The van der Waals surface area contributed by atoms with E-state index in [4.69, 9.17) is 13.9 Å². The van der Waals surface area contributed by atoms with Gasteiger partial charge in [-0.2, -0.15) is 0 Å². The second-order valence-electron chi connectivity index (χ2n) is 4.33. The molecule has 0 aliphatic rings. The Labute approximate surface area is 119 Å². The number of methoxy groups -OCH3 is 2. The second-order valence-corrected chi connectivity index (χ2v) is 6.06. The molecule has 0 aromatic carbocycles. The third-order valence-corrected chi connectivity index (χ3v) is 4.28. The summed E-state index contributed by atoms with van der Waals surface area (Å²) in [5.41, 5.74) is 0. The summed E-state index contributed by atoms with van der Waals surface area (Å²) < 4.78 is 42.3. The molecule has 1 rings (SSSR count). The van der Waals surface area contributed by atoms with Crippen molar-refractivity contribution in [1.82, 2.24) is 10.0 Å². The normalized spacial score (nSPS) is 13.6. The molecule has 0 spiro atoms. The number of hydrogen-bond acceptors (Lipinski definition) is 6. The molecule has 7 nitrogen and oxygen atoms in total. The Morgan fingerprint density at radius 1 is 1.40 bits per heavy atom. The van der Waals surface area contributed by atoms with E-state index in [1.165, 1.54) is 20.3 Å². The predicted octanol–water partition coefficient (Wildman–Crippen LogP) is 0.247. The highest BCUT2D eigenvalue weighted by Crippen LogP contribution is 2.19. The summed E-state index contributed by atoms with van der Waals surface area (Å²) in [5.74, 6) is 0.939. The first kappa shape index (κ1) is 17.1. The van der Waals surface area contributed by atoms with Gasteiger partial charge >= 0.3 is 0 Å². The van der Waals surface area contributed by atoms with E-state index in [1.54, 1.807) is 14.0 Å². The lowest BCUT2D eigenvalue weighted by Gasteiger charge is -2.14. The number of rotatable bonds is 9. The summed E-state index contributed by atoms with van der Waals surface area (Å²) in [6.45, 7) is 2.55. The monoisotopic (exact) mass is 306 g/mol. The Kier molecular flexibility index (Phi) is 6.63. The SMILES string of the molecule is CNCc1cc(S(=O)(=O)NCC(COC)OC)c(C)o1. The molecule has 1 aromatic rings. The fraction of sp³-hybridized carbons (Fsp3) is 0.667. The van der Waals surface area contributed by atoms with Crippen molar-refractivity contribution >= 4 is 10.0 Å². The number of sulfonamides is 1. The first-order chi connectivity index (χ1) is 9.44. The van der Waals surface area contributed by atoms with Gasteiger partial charge in [-0.25, -0.2) is 13.1 Å². The van der Waals surface area contributed by atoms with Gasteiger partial charge in [0.1, 0.15) is 16.4 Å². The molecular formula is C12H22N2O5S. The number of nitrogens with one attached hydrogen (secondary N) is 2. The van der Waals surface area contributed by atoms with Crippen molar-refractivity contribution in [2.24, 2.45) is 0 Å². The highest BCUT2D eigenvalue weighted by molar-refractivity contribution is 7.89. The van der Waals surface area contributed by atoms with Crippen LogP contribution in [0, 0.1) is 6.92 Å². The molecule has 2 N–H and O–H groups in total. The zero-order valence-electron chi connectivity index (χ0n) is 12.2. The summed E-state index contributed by atoms with van der Waals surface area (Å²) >= 11 is 0. The zero-order chi connectivity index (χ0) is 15.2. The van der Waals surface area contributed by atoms with Crippen LogP contribution < -0.4 is 10.0 Å². The lowest BCUT2D eigenvalue weighted by molar-refractivity contribution is 0.0320. The van der Waals surface area contributed by atoms with Crippen molar-refractivity contribution in [2.75, 3.05) is 34.4 Å². The van der Waals surface area contributed by atoms with Crippen molar-refractivity contribution in [3.8, 4) is 0 Å². The van der Waals surface area contributed by atoms with Gasteiger partial charge in [0.15, 0.2) is 0 Å². The molecule has 0 aliphatic heterocycles. The van der Waals surface area contributed by atoms with Gasteiger partial charge in [-0.05, 0) is 14.0 Å². The van der Waals surface area contributed by atoms with E-state index in [0.717, 1.165) is 0 Å². The van der Waals surface area contributed by atoms with Crippen molar-refractivity contribution in [3.63, 3.8) is 0 Å². The Hall–Kier alpha value is -0.930. The van der Waals surface area contributed by atoms with Gasteiger partial charge in [-0.3, -0.25) is 0 Å². The summed E-state index contributed by atoms with van der Waals surface area (Å²) in [4.78, 5) is 0.148. The van der Waals surface area contributed by atoms with Crippen molar-refractivity contribution in [3.05, 3.63) is 17.6 Å². The zero-order valence-corrected chi connectivity index (χ0v) is 13.0. The number of furan rings is 1. The van der Waals surface area contributed by atoms with Crippen molar-refractivity contribution in [2.45, 2.75) is 24.5 Å². The maximum Gasteiger partial charge on any atom is 0.244 e. The van der Waals surface area contributed by atoms with Crippen molar-refractivity contribution in [1.29, 1.82) is 0 Å². The maximum atomic E-state index is 12.2. The first-order valence-electron chi connectivity index (χ1n) is 6.20. The van der Waals surface area contributed by atoms with Crippen LogP contribution in [0.3, 0.4) is 0 Å². The number of aryl methyl sites for hydroxylation is 1. The van der Waals surface area contributed by atoms with Crippen LogP contribution in [-0.4, -0.2) is 48.9 Å². The van der Waals surface area contributed by atoms with E-state index < -0.39 is 10.0 Å². The third-order valence-electron chi connectivity index (χ3n) is 2.75.